The number of benzene rings is 2. The van der Waals surface area contributed by atoms with E-state index in [2.05, 4.69) is 21.0 Å². The second kappa shape index (κ2) is 6.32. The summed E-state index contributed by atoms with van der Waals surface area (Å²) in [6.07, 6.45) is 4.55. The standard InChI is InChI=1S/C23H23FN4O/c1-29-15-4-5-20-16(10-15)18-13-28(14-2-3-14)21-12-22(27-8-6-25-7-9-27)19(24)11-17(21)23(18)26-20/h4-5,10-14,25H,2-3,6-9H2,1H3. The average Bonchev–Trinajstić information content (AvgIpc) is 3.54. The van der Waals surface area contributed by atoms with Gasteiger partial charge in [0.1, 0.15) is 11.6 Å². The Labute approximate surface area is 168 Å². The number of halogens is 1. The third kappa shape index (κ3) is 2.66. The number of ether oxygens (including phenoxy) is 1. The second-order valence-corrected chi connectivity index (χ2v) is 8.08. The molecule has 29 heavy (non-hydrogen) atoms. The monoisotopic (exact) mass is 390 g/mol. The largest absolute Gasteiger partial charge is 0.497 e. The first-order valence-electron chi connectivity index (χ1n) is 10.3. The van der Waals surface area contributed by atoms with Crippen LogP contribution in [0, 0.1) is 5.82 Å². The Hall–Kier alpha value is -2.86. The molecule has 3 aliphatic heterocycles. The van der Waals surface area contributed by atoms with Crippen molar-refractivity contribution in [3.8, 4) is 17.0 Å². The highest BCUT2D eigenvalue weighted by molar-refractivity contribution is 6.07. The average molecular weight is 390 g/mol. The molecule has 0 aromatic heterocycles. The molecule has 1 saturated heterocycles. The summed E-state index contributed by atoms with van der Waals surface area (Å²) in [7, 11) is 1.67. The summed E-state index contributed by atoms with van der Waals surface area (Å²) in [5.74, 6) is 0.643. The van der Waals surface area contributed by atoms with Crippen molar-refractivity contribution in [2.24, 2.45) is 0 Å². The van der Waals surface area contributed by atoms with E-state index in [0.717, 1.165) is 65.0 Å². The molecule has 5 nitrogen and oxygen atoms in total. The zero-order valence-electron chi connectivity index (χ0n) is 16.4. The summed E-state index contributed by atoms with van der Waals surface area (Å²) in [5, 5.41) is 5.29. The summed E-state index contributed by atoms with van der Waals surface area (Å²) in [6.45, 7) is 3.42. The Bertz CT molecular complexity index is 1210. The molecule has 0 unspecified atom stereocenters. The number of piperazine rings is 1. The zero-order chi connectivity index (χ0) is 19.5. The first kappa shape index (κ1) is 17.0. The van der Waals surface area contributed by atoms with E-state index in [4.69, 9.17) is 9.72 Å². The van der Waals surface area contributed by atoms with Crippen LogP contribution in [0.3, 0.4) is 0 Å². The fourth-order valence-corrected chi connectivity index (χ4v) is 4.57. The highest BCUT2D eigenvalue weighted by Gasteiger charge is 2.28. The molecule has 0 spiro atoms. The van der Waals surface area contributed by atoms with Crippen molar-refractivity contribution >= 4 is 27.5 Å². The molecule has 0 amide bonds. The zero-order valence-corrected chi connectivity index (χ0v) is 16.4. The Morgan fingerprint density at radius 2 is 1.93 bits per heavy atom. The number of hydrogen-bond donors (Lipinski definition) is 1. The lowest BCUT2D eigenvalue weighted by Crippen LogP contribution is -2.43. The lowest BCUT2D eigenvalue weighted by atomic mass is 10.0. The number of pyridine rings is 1. The van der Waals surface area contributed by atoms with Gasteiger partial charge in [-0.05, 0) is 43.2 Å². The molecule has 2 fully saturated rings. The van der Waals surface area contributed by atoms with Gasteiger partial charge in [-0.1, -0.05) is 0 Å². The maximum atomic E-state index is 15.2. The van der Waals surface area contributed by atoms with Crippen LogP contribution in [-0.4, -0.2) is 42.8 Å². The number of aromatic nitrogens is 2. The van der Waals surface area contributed by atoms with Crippen molar-refractivity contribution in [3.05, 3.63) is 42.3 Å². The molecule has 0 atom stereocenters. The van der Waals surface area contributed by atoms with E-state index < -0.39 is 0 Å². The van der Waals surface area contributed by atoms with Gasteiger partial charge in [0.2, 0.25) is 0 Å². The molecule has 6 rings (SSSR count). The van der Waals surface area contributed by atoms with Crippen LogP contribution in [0.4, 0.5) is 10.1 Å². The van der Waals surface area contributed by atoms with Crippen LogP contribution in [0.1, 0.15) is 18.9 Å². The molecule has 2 aromatic carbocycles. The molecule has 2 aromatic rings. The van der Waals surface area contributed by atoms with Crippen LogP contribution in [0.2, 0.25) is 0 Å². The molecule has 1 aliphatic carbocycles. The first-order chi connectivity index (χ1) is 14.2. The van der Waals surface area contributed by atoms with Crippen LogP contribution in [0.15, 0.2) is 36.5 Å². The Balaban J connectivity index is 1.64. The van der Waals surface area contributed by atoms with Gasteiger partial charge in [0, 0.05) is 54.8 Å². The summed E-state index contributed by atoms with van der Waals surface area (Å²) in [5.41, 5.74) is 4.62. The normalized spacial score (nSPS) is 17.5. The molecule has 3 heterocycles. The predicted molar refractivity (Wildman–Crippen MR) is 114 cm³/mol. The lowest BCUT2D eigenvalue weighted by Gasteiger charge is -2.30. The van der Waals surface area contributed by atoms with Gasteiger partial charge in [0.05, 0.1) is 29.5 Å². The number of anilines is 1. The van der Waals surface area contributed by atoms with Crippen molar-refractivity contribution < 1.29 is 9.13 Å². The number of fused-ring (bicyclic) bond motifs is 5. The molecular weight excluding hydrogens is 367 g/mol. The van der Waals surface area contributed by atoms with E-state index in [1.165, 1.54) is 12.8 Å². The second-order valence-electron chi connectivity index (χ2n) is 8.08. The predicted octanol–water partition coefficient (Wildman–Crippen LogP) is 4.19. The van der Waals surface area contributed by atoms with Crippen molar-refractivity contribution in [1.82, 2.24) is 14.9 Å². The van der Waals surface area contributed by atoms with Gasteiger partial charge < -0.3 is 19.5 Å². The van der Waals surface area contributed by atoms with E-state index in [9.17, 15) is 0 Å². The molecule has 4 aliphatic rings. The smallest absolute Gasteiger partial charge is 0.147 e. The fourth-order valence-electron chi connectivity index (χ4n) is 4.57. The van der Waals surface area contributed by atoms with Crippen LogP contribution in [-0.2, 0) is 0 Å². The molecule has 148 valence electrons. The number of nitrogens with one attached hydrogen (secondary N) is 1. The van der Waals surface area contributed by atoms with Crippen molar-refractivity contribution in [1.29, 1.82) is 0 Å². The summed E-state index contributed by atoms with van der Waals surface area (Å²) < 4.78 is 23.0. The molecule has 0 bridgehead atoms. The fraction of sp³-hybridized carbons (Fsp3) is 0.348. The van der Waals surface area contributed by atoms with Gasteiger partial charge in [-0.25, -0.2) is 9.37 Å². The van der Waals surface area contributed by atoms with E-state index in [-0.39, 0.29) is 5.82 Å². The van der Waals surface area contributed by atoms with Crippen LogP contribution in [0.5, 0.6) is 5.75 Å². The summed E-state index contributed by atoms with van der Waals surface area (Å²) in [6, 6.07) is 10.1. The third-order valence-electron chi connectivity index (χ3n) is 6.25. The van der Waals surface area contributed by atoms with Crippen LogP contribution in [0.25, 0.3) is 33.1 Å². The van der Waals surface area contributed by atoms with E-state index >= 15 is 4.39 Å². The lowest BCUT2D eigenvalue weighted by molar-refractivity contribution is 0.415. The highest BCUT2D eigenvalue weighted by Crippen LogP contribution is 2.44. The van der Waals surface area contributed by atoms with Crippen LogP contribution < -0.4 is 15.0 Å². The Morgan fingerprint density at radius 1 is 1.10 bits per heavy atom. The van der Waals surface area contributed by atoms with Crippen LogP contribution >= 0.6 is 0 Å². The van der Waals surface area contributed by atoms with Gasteiger partial charge in [-0.2, -0.15) is 0 Å². The maximum absolute atomic E-state index is 15.2. The molecule has 1 saturated carbocycles. The minimum absolute atomic E-state index is 0.168. The molecular formula is C23H23FN4O. The SMILES string of the molecule is COc1ccc2nc3c4cc(F)c(N5CCNCC5)cc4n(C4CC4)cc-3c2c1. The number of hydrogen-bond acceptors (Lipinski definition) is 4. The maximum Gasteiger partial charge on any atom is 0.147 e. The first-order valence-corrected chi connectivity index (χ1v) is 10.3. The summed E-state index contributed by atoms with van der Waals surface area (Å²) >= 11 is 0. The number of nitrogens with zero attached hydrogens (tertiary/aromatic N) is 3. The minimum atomic E-state index is -0.168. The Morgan fingerprint density at radius 3 is 2.69 bits per heavy atom. The van der Waals surface area contributed by atoms with E-state index in [1.807, 2.05) is 24.3 Å². The minimum Gasteiger partial charge on any atom is -0.497 e. The Kier molecular flexibility index (Phi) is 3.71. The van der Waals surface area contributed by atoms with Crippen molar-refractivity contribution in [3.63, 3.8) is 0 Å². The van der Waals surface area contributed by atoms with Gasteiger partial charge in [0.15, 0.2) is 0 Å². The molecule has 0 radical (unpaired) electrons. The van der Waals surface area contributed by atoms with Crippen molar-refractivity contribution in [2.45, 2.75) is 18.9 Å². The third-order valence-corrected chi connectivity index (χ3v) is 6.25. The quantitative estimate of drug-likeness (QED) is 0.570. The van der Waals surface area contributed by atoms with Gasteiger partial charge in [0.25, 0.3) is 0 Å². The highest BCUT2D eigenvalue weighted by atomic mass is 19.1. The van der Waals surface area contributed by atoms with E-state index in [1.54, 1.807) is 13.2 Å². The topological polar surface area (TPSA) is 42.3 Å². The van der Waals surface area contributed by atoms with Gasteiger partial charge in [-0.15, -0.1) is 0 Å². The van der Waals surface area contributed by atoms with Gasteiger partial charge in [-0.3, -0.25) is 0 Å². The van der Waals surface area contributed by atoms with Gasteiger partial charge >= 0.3 is 0 Å². The molecule has 1 N–H and O–H groups in total. The number of methoxy groups -OCH3 is 1. The van der Waals surface area contributed by atoms with Crippen molar-refractivity contribution in [2.75, 3.05) is 38.2 Å². The summed E-state index contributed by atoms with van der Waals surface area (Å²) in [4.78, 5) is 7.01. The molecule has 6 heteroatoms. The van der Waals surface area contributed by atoms with E-state index in [0.29, 0.717) is 11.7 Å². The number of rotatable bonds is 3.